The van der Waals surface area contributed by atoms with Crippen LogP contribution >= 0.6 is 11.3 Å². The van der Waals surface area contributed by atoms with Gasteiger partial charge < -0.3 is 5.32 Å². The van der Waals surface area contributed by atoms with E-state index in [9.17, 15) is 8.42 Å². The van der Waals surface area contributed by atoms with Crippen LogP contribution in [0.4, 0.5) is 0 Å². The Morgan fingerprint density at radius 2 is 1.95 bits per heavy atom. The van der Waals surface area contributed by atoms with Crippen LogP contribution in [0.25, 0.3) is 0 Å². The molecule has 0 saturated carbocycles. The van der Waals surface area contributed by atoms with Gasteiger partial charge in [0.05, 0.1) is 22.1 Å². The number of thiazole rings is 1. The second-order valence-corrected chi connectivity index (χ2v) is 7.59. The highest BCUT2D eigenvalue weighted by atomic mass is 32.2. The summed E-state index contributed by atoms with van der Waals surface area (Å²) in [6, 6.07) is 7.08. The lowest BCUT2D eigenvalue weighted by atomic mass is 10.1. The van der Waals surface area contributed by atoms with Crippen molar-refractivity contribution in [2.45, 2.75) is 31.3 Å². The Bertz CT molecular complexity index is 693. The number of sulfonamides is 1. The quantitative estimate of drug-likeness (QED) is 0.854. The van der Waals surface area contributed by atoms with Crippen molar-refractivity contribution in [3.8, 4) is 0 Å². The number of aryl methyl sites for hydroxylation is 1. The van der Waals surface area contributed by atoms with Crippen LogP contribution < -0.4 is 10.0 Å². The molecule has 7 heteroatoms. The predicted molar refractivity (Wildman–Crippen MR) is 84.8 cm³/mol. The van der Waals surface area contributed by atoms with Crippen LogP contribution in [-0.4, -0.2) is 20.4 Å². The van der Waals surface area contributed by atoms with Gasteiger partial charge in [-0.1, -0.05) is 12.1 Å². The van der Waals surface area contributed by atoms with Crippen LogP contribution in [0.5, 0.6) is 0 Å². The summed E-state index contributed by atoms with van der Waals surface area (Å²) in [5.74, 6) is 0. The second-order valence-electron chi connectivity index (χ2n) is 4.76. The van der Waals surface area contributed by atoms with Crippen LogP contribution in [0, 0.1) is 6.92 Å². The lowest BCUT2D eigenvalue weighted by molar-refractivity contribution is 0.580. The molecule has 2 N–H and O–H groups in total. The zero-order valence-electron chi connectivity index (χ0n) is 12.3. The molecule has 0 fully saturated rings. The summed E-state index contributed by atoms with van der Waals surface area (Å²) in [6.07, 6.45) is 0. The van der Waals surface area contributed by atoms with Gasteiger partial charge in [-0.2, -0.15) is 0 Å². The second kappa shape index (κ2) is 6.65. The number of rotatable bonds is 6. The monoisotopic (exact) mass is 325 g/mol. The van der Waals surface area contributed by atoms with Gasteiger partial charge in [-0.15, -0.1) is 11.3 Å². The third kappa shape index (κ3) is 4.10. The maximum Gasteiger partial charge on any atom is 0.240 e. The van der Waals surface area contributed by atoms with Crippen molar-refractivity contribution in [1.29, 1.82) is 0 Å². The summed E-state index contributed by atoms with van der Waals surface area (Å²) >= 11 is 1.51. The Morgan fingerprint density at radius 3 is 2.48 bits per heavy atom. The largest absolute Gasteiger partial charge is 0.313 e. The number of benzene rings is 1. The molecule has 1 aromatic heterocycles. The van der Waals surface area contributed by atoms with Crippen molar-refractivity contribution in [1.82, 2.24) is 15.0 Å². The Morgan fingerprint density at radius 1 is 1.29 bits per heavy atom. The molecular formula is C14H19N3O2S2. The van der Waals surface area contributed by atoms with E-state index in [1.807, 2.05) is 38.4 Å². The number of aromatic nitrogens is 1. The predicted octanol–water partition coefficient (Wildman–Crippen LogP) is 2.21. The van der Waals surface area contributed by atoms with Crippen LogP contribution in [0.3, 0.4) is 0 Å². The highest BCUT2D eigenvalue weighted by Gasteiger charge is 2.14. The fraction of sp³-hybridized carbons (Fsp3) is 0.357. The highest BCUT2D eigenvalue weighted by molar-refractivity contribution is 7.89. The van der Waals surface area contributed by atoms with Crippen LogP contribution in [0.15, 0.2) is 34.5 Å². The van der Waals surface area contributed by atoms with Gasteiger partial charge in [0.25, 0.3) is 0 Å². The third-order valence-electron chi connectivity index (χ3n) is 3.23. The molecule has 0 saturated heterocycles. The van der Waals surface area contributed by atoms with Crippen molar-refractivity contribution < 1.29 is 8.42 Å². The molecular weight excluding hydrogens is 306 g/mol. The Labute approximate surface area is 129 Å². The maximum absolute atomic E-state index is 12.2. The van der Waals surface area contributed by atoms with E-state index in [4.69, 9.17) is 0 Å². The minimum absolute atomic E-state index is 0.188. The molecule has 2 aromatic rings. The summed E-state index contributed by atoms with van der Waals surface area (Å²) in [4.78, 5) is 4.50. The average Bonchev–Trinajstić information content (AvgIpc) is 2.90. The first kappa shape index (κ1) is 16.1. The maximum atomic E-state index is 12.2. The molecule has 1 unspecified atom stereocenters. The van der Waals surface area contributed by atoms with E-state index < -0.39 is 10.0 Å². The van der Waals surface area contributed by atoms with Crippen molar-refractivity contribution in [2.75, 3.05) is 7.05 Å². The molecule has 1 atom stereocenters. The standard InChI is InChI=1S/C14H19N3O2S2/c1-10(15-3)12-4-6-14(7-5-12)21(18,19)16-8-13-9-20-11(2)17-13/h4-7,9-10,15-16H,8H2,1-3H3. The van der Waals surface area contributed by atoms with Crippen LogP contribution in [-0.2, 0) is 16.6 Å². The van der Waals surface area contributed by atoms with E-state index in [0.717, 1.165) is 16.3 Å². The van der Waals surface area contributed by atoms with Crippen LogP contribution in [0.2, 0.25) is 0 Å². The lowest BCUT2D eigenvalue weighted by Crippen LogP contribution is -2.23. The molecule has 0 aliphatic heterocycles. The highest BCUT2D eigenvalue weighted by Crippen LogP contribution is 2.16. The van der Waals surface area contributed by atoms with Gasteiger partial charge in [-0.25, -0.2) is 18.1 Å². The number of nitrogens with zero attached hydrogens (tertiary/aromatic N) is 1. The van der Waals surface area contributed by atoms with Gasteiger partial charge in [-0.3, -0.25) is 0 Å². The van der Waals surface area contributed by atoms with Crippen LogP contribution in [0.1, 0.15) is 29.2 Å². The zero-order chi connectivity index (χ0) is 15.5. The van der Waals surface area contributed by atoms with Crippen molar-refractivity contribution in [3.63, 3.8) is 0 Å². The van der Waals surface area contributed by atoms with Gasteiger partial charge in [0, 0.05) is 11.4 Å². The van der Waals surface area contributed by atoms with E-state index in [2.05, 4.69) is 15.0 Å². The molecule has 5 nitrogen and oxygen atoms in total. The first-order valence-corrected chi connectivity index (χ1v) is 8.96. The molecule has 114 valence electrons. The molecule has 0 aliphatic carbocycles. The molecule has 1 aromatic carbocycles. The van der Waals surface area contributed by atoms with Gasteiger partial charge >= 0.3 is 0 Å². The molecule has 0 amide bonds. The first-order valence-electron chi connectivity index (χ1n) is 6.60. The van der Waals surface area contributed by atoms with Gasteiger partial charge in [0.15, 0.2) is 0 Å². The molecule has 0 aliphatic rings. The summed E-state index contributed by atoms with van der Waals surface area (Å²) in [5, 5.41) is 5.90. The fourth-order valence-electron chi connectivity index (χ4n) is 1.84. The molecule has 0 bridgehead atoms. The SMILES string of the molecule is CNC(C)c1ccc(S(=O)(=O)NCc2csc(C)n2)cc1. The Balaban J connectivity index is 2.08. The topological polar surface area (TPSA) is 71.1 Å². The van der Waals surface area contributed by atoms with Crippen molar-refractivity contribution in [3.05, 3.63) is 45.9 Å². The van der Waals surface area contributed by atoms with E-state index in [1.165, 1.54) is 11.3 Å². The third-order valence-corrected chi connectivity index (χ3v) is 5.47. The summed E-state index contributed by atoms with van der Waals surface area (Å²) in [5.41, 5.74) is 1.79. The van der Waals surface area contributed by atoms with Gasteiger partial charge in [0.2, 0.25) is 10.0 Å². The number of hydrogen-bond acceptors (Lipinski definition) is 5. The lowest BCUT2D eigenvalue weighted by Gasteiger charge is -2.11. The van der Waals surface area contributed by atoms with Gasteiger partial charge in [0.1, 0.15) is 0 Å². The van der Waals surface area contributed by atoms with E-state index in [-0.39, 0.29) is 17.5 Å². The molecule has 0 radical (unpaired) electrons. The van der Waals surface area contributed by atoms with Gasteiger partial charge in [-0.05, 0) is 38.6 Å². The van der Waals surface area contributed by atoms with E-state index in [1.54, 1.807) is 12.1 Å². The summed E-state index contributed by atoms with van der Waals surface area (Å²) in [6.45, 7) is 4.12. The minimum atomic E-state index is -3.50. The smallest absolute Gasteiger partial charge is 0.240 e. The molecule has 21 heavy (non-hydrogen) atoms. The number of nitrogens with one attached hydrogen (secondary N) is 2. The van der Waals surface area contributed by atoms with E-state index in [0.29, 0.717) is 0 Å². The first-order chi connectivity index (χ1) is 9.92. The molecule has 0 spiro atoms. The number of hydrogen-bond donors (Lipinski definition) is 2. The summed E-state index contributed by atoms with van der Waals surface area (Å²) < 4.78 is 27.0. The fourth-order valence-corrected chi connectivity index (χ4v) is 3.46. The average molecular weight is 325 g/mol. The van der Waals surface area contributed by atoms with E-state index >= 15 is 0 Å². The van der Waals surface area contributed by atoms with Crippen molar-refractivity contribution in [2.24, 2.45) is 0 Å². The van der Waals surface area contributed by atoms with Crippen molar-refractivity contribution >= 4 is 21.4 Å². The molecule has 1 heterocycles. The normalized spacial score (nSPS) is 13.3. The zero-order valence-corrected chi connectivity index (χ0v) is 13.9. The minimum Gasteiger partial charge on any atom is -0.313 e. The Hall–Kier alpha value is -1.28. The molecule has 2 rings (SSSR count). The summed E-state index contributed by atoms with van der Waals surface area (Å²) in [7, 11) is -1.64. The Kier molecular flexibility index (Phi) is 5.10.